The quantitative estimate of drug-likeness (QED) is 0.682. The van der Waals surface area contributed by atoms with Crippen LogP contribution in [0.15, 0.2) is 48.5 Å². The molecule has 2 rings (SSSR count). The highest BCUT2D eigenvalue weighted by Crippen LogP contribution is 2.16. The van der Waals surface area contributed by atoms with Crippen LogP contribution in [0.3, 0.4) is 0 Å². The fourth-order valence-electron chi connectivity index (χ4n) is 2.20. The molecule has 150 valence electrons. The number of alkyl halides is 3. The van der Waals surface area contributed by atoms with Gasteiger partial charge >= 0.3 is 6.18 Å². The molecule has 0 saturated heterocycles. The Kier molecular flexibility index (Phi) is 7.39. The summed E-state index contributed by atoms with van der Waals surface area (Å²) in [6, 6.07) is 12.9. The van der Waals surface area contributed by atoms with Crippen molar-refractivity contribution in [2.75, 3.05) is 13.2 Å². The molecule has 0 aliphatic heterocycles. The number of nitrogens with two attached hydrogens (primary N) is 1. The van der Waals surface area contributed by atoms with E-state index in [0.717, 1.165) is 5.56 Å². The molecule has 3 N–H and O–H groups in total. The van der Waals surface area contributed by atoms with Crippen LogP contribution in [-0.2, 0) is 22.7 Å². The third-order valence-corrected chi connectivity index (χ3v) is 3.49. The first-order valence-corrected chi connectivity index (χ1v) is 8.24. The van der Waals surface area contributed by atoms with Crippen LogP contribution >= 0.6 is 0 Å². The number of primary amides is 1. The van der Waals surface area contributed by atoms with Crippen molar-refractivity contribution in [3.05, 3.63) is 65.2 Å². The monoisotopic (exact) mass is 396 g/mol. The Hall–Kier alpha value is -3.07. The molecule has 0 aliphatic rings. The van der Waals surface area contributed by atoms with Gasteiger partial charge in [0.05, 0.1) is 6.61 Å². The second-order valence-corrected chi connectivity index (χ2v) is 5.89. The number of benzene rings is 2. The predicted molar refractivity (Wildman–Crippen MR) is 94.5 cm³/mol. The first-order chi connectivity index (χ1) is 13.2. The van der Waals surface area contributed by atoms with Gasteiger partial charge in [0.1, 0.15) is 12.4 Å². The number of nitrogens with one attached hydrogen (secondary N) is 1. The van der Waals surface area contributed by atoms with Crippen molar-refractivity contribution in [2.45, 2.75) is 19.3 Å². The number of amides is 2. The minimum atomic E-state index is -4.35. The smallest absolute Gasteiger partial charge is 0.411 e. The Labute approximate surface area is 159 Å². The predicted octanol–water partition coefficient (Wildman–Crippen LogP) is 2.56. The van der Waals surface area contributed by atoms with Crippen LogP contribution < -0.4 is 15.8 Å². The van der Waals surface area contributed by atoms with E-state index in [2.05, 4.69) is 10.1 Å². The number of ether oxygens (including phenoxy) is 2. The van der Waals surface area contributed by atoms with Gasteiger partial charge < -0.3 is 20.5 Å². The summed E-state index contributed by atoms with van der Waals surface area (Å²) in [6.07, 6.45) is -4.35. The van der Waals surface area contributed by atoms with Crippen molar-refractivity contribution in [1.29, 1.82) is 0 Å². The number of halogens is 3. The van der Waals surface area contributed by atoms with E-state index in [9.17, 15) is 22.8 Å². The van der Waals surface area contributed by atoms with Gasteiger partial charge in [-0.1, -0.05) is 30.3 Å². The van der Waals surface area contributed by atoms with E-state index in [1.165, 1.54) is 6.07 Å². The second-order valence-electron chi connectivity index (χ2n) is 5.89. The Morgan fingerprint density at radius 1 is 1.04 bits per heavy atom. The van der Waals surface area contributed by atoms with E-state index < -0.39 is 18.7 Å². The molecule has 0 radical (unpaired) electrons. The Balaban J connectivity index is 1.84. The minimum Gasteiger partial charge on any atom is -0.484 e. The molecule has 0 bridgehead atoms. The second kappa shape index (κ2) is 9.75. The van der Waals surface area contributed by atoms with E-state index in [0.29, 0.717) is 16.9 Å². The van der Waals surface area contributed by atoms with E-state index in [1.54, 1.807) is 42.5 Å². The molecule has 0 spiro atoms. The SMILES string of the molecule is NC(=O)COc1cccc(C(=O)NCc2ccc(COCC(F)(F)F)cc2)c1. The first kappa shape index (κ1) is 21.2. The summed E-state index contributed by atoms with van der Waals surface area (Å²) in [7, 11) is 0. The molecular weight excluding hydrogens is 377 g/mol. The third kappa shape index (κ3) is 7.67. The molecule has 2 aromatic rings. The fraction of sp³-hybridized carbons (Fsp3) is 0.263. The summed E-state index contributed by atoms with van der Waals surface area (Å²) in [5.41, 5.74) is 6.72. The lowest BCUT2D eigenvalue weighted by atomic mass is 10.1. The average Bonchev–Trinajstić information content (AvgIpc) is 2.64. The van der Waals surface area contributed by atoms with Crippen molar-refractivity contribution < 1.29 is 32.2 Å². The van der Waals surface area contributed by atoms with Gasteiger partial charge in [-0.25, -0.2) is 0 Å². The number of hydrogen-bond acceptors (Lipinski definition) is 4. The van der Waals surface area contributed by atoms with Gasteiger partial charge in [-0.3, -0.25) is 9.59 Å². The minimum absolute atomic E-state index is 0.149. The van der Waals surface area contributed by atoms with Gasteiger partial charge in [0.15, 0.2) is 6.61 Å². The first-order valence-electron chi connectivity index (χ1n) is 8.24. The van der Waals surface area contributed by atoms with Crippen molar-refractivity contribution in [3.8, 4) is 5.75 Å². The molecule has 2 amide bonds. The highest BCUT2D eigenvalue weighted by molar-refractivity contribution is 5.94. The van der Waals surface area contributed by atoms with Gasteiger partial charge in [0.25, 0.3) is 11.8 Å². The van der Waals surface area contributed by atoms with Gasteiger partial charge in [-0.15, -0.1) is 0 Å². The molecular formula is C19H19F3N2O4. The molecule has 0 saturated carbocycles. The summed E-state index contributed by atoms with van der Waals surface area (Å²) in [5, 5.41) is 2.72. The summed E-state index contributed by atoms with van der Waals surface area (Å²) >= 11 is 0. The van der Waals surface area contributed by atoms with Gasteiger partial charge in [0.2, 0.25) is 0 Å². The summed E-state index contributed by atoms with van der Waals surface area (Å²) in [5.74, 6) is -0.626. The van der Waals surface area contributed by atoms with Crippen molar-refractivity contribution >= 4 is 11.8 Å². The summed E-state index contributed by atoms with van der Waals surface area (Å²) < 4.78 is 45.9. The van der Waals surface area contributed by atoms with Crippen molar-refractivity contribution in [3.63, 3.8) is 0 Å². The van der Waals surface area contributed by atoms with Crippen LogP contribution in [0, 0.1) is 0 Å². The topological polar surface area (TPSA) is 90.7 Å². The summed E-state index contributed by atoms with van der Waals surface area (Å²) in [4.78, 5) is 23.0. The molecule has 0 aliphatic carbocycles. The van der Waals surface area contributed by atoms with E-state index >= 15 is 0 Å². The van der Waals surface area contributed by atoms with Crippen LogP contribution in [0.25, 0.3) is 0 Å². The maximum absolute atomic E-state index is 12.2. The molecule has 0 aromatic heterocycles. The molecule has 9 heteroatoms. The zero-order valence-electron chi connectivity index (χ0n) is 14.8. The zero-order chi connectivity index (χ0) is 20.6. The molecule has 0 unspecified atom stereocenters. The van der Waals surface area contributed by atoms with E-state index in [4.69, 9.17) is 10.5 Å². The standard InChI is InChI=1S/C19H19F3N2O4/c20-19(21,22)12-27-10-14-6-4-13(5-7-14)9-24-18(26)15-2-1-3-16(8-15)28-11-17(23)25/h1-8H,9-12H2,(H2,23,25)(H,24,26). The Bertz CT molecular complexity index is 808. The van der Waals surface area contributed by atoms with Crippen molar-refractivity contribution in [1.82, 2.24) is 5.32 Å². The third-order valence-electron chi connectivity index (χ3n) is 3.49. The average molecular weight is 396 g/mol. The lowest BCUT2D eigenvalue weighted by molar-refractivity contribution is -0.176. The number of carbonyl (C=O) groups is 2. The van der Waals surface area contributed by atoms with Crippen LogP contribution in [0.5, 0.6) is 5.75 Å². The van der Waals surface area contributed by atoms with Gasteiger partial charge in [-0.05, 0) is 29.3 Å². The number of rotatable bonds is 9. The van der Waals surface area contributed by atoms with Crippen molar-refractivity contribution in [2.24, 2.45) is 5.73 Å². The highest BCUT2D eigenvalue weighted by Gasteiger charge is 2.27. The molecule has 0 atom stereocenters. The summed E-state index contributed by atoms with van der Waals surface area (Å²) in [6.45, 7) is -1.50. The lowest BCUT2D eigenvalue weighted by Crippen LogP contribution is -2.23. The Morgan fingerprint density at radius 2 is 1.71 bits per heavy atom. The van der Waals surface area contributed by atoms with E-state index in [1.807, 2.05) is 0 Å². The molecule has 0 fully saturated rings. The molecule has 2 aromatic carbocycles. The van der Waals surface area contributed by atoms with Crippen LogP contribution in [-0.4, -0.2) is 31.2 Å². The van der Waals surface area contributed by atoms with Crippen LogP contribution in [0.1, 0.15) is 21.5 Å². The molecule has 6 nitrogen and oxygen atoms in total. The molecule has 28 heavy (non-hydrogen) atoms. The lowest BCUT2D eigenvalue weighted by Gasteiger charge is -2.09. The number of hydrogen-bond donors (Lipinski definition) is 2. The maximum Gasteiger partial charge on any atom is 0.411 e. The van der Waals surface area contributed by atoms with Crippen LogP contribution in [0.4, 0.5) is 13.2 Å². The van der Waals surface area contributed by atoms with Gasteiger partial charge in [-0.2, -0.15) is 13.2 Å². The maximum atomic E-state index is 12.2. The fourth-order valence-corrected chi connectivity index (χ4v) is 2.20. The normalized spacial score (nSPS) is 11.1. The zero-order valence-corrected chi connectivity index (χ0v) is 14.8. The highest BCUT2D eigenvalue weighted by atomic mass is 19.4. The number of carbonyl (C=O) groups excluding carboxylic acids is 2. The Morgan fingerprint density at radius 3 is 2.36 bits per heavy atom. The molecule has 0 heterocycles. The van der Waals surface area contributed by atoms with Gasteiger partial charge in [0, 0.05) is 12.1 Å². The largest absolute Gasteiger partial charge is 0.484 e. The van der Waals surface area contributed by atoms with E-state index in [-0.39, 0.29) is 25.7 Å². The van der Waals surface area contributed by atoms with Crippen LogP contribution in [0.2, 0.25) is 0 Å².